The highest BCUT2D eigenvalue weighted by Crippen LogP contribution is 2.10. The second-order valence-electron chi connectivity index (χ2n) is 6.29. The number of amides is 2. The fourth-order valence-electron chi connectivity index (χ4n) is 2.59. The molecule has 0 fully saturated rings. The van der Waals surface area contributed by atoms with Crippen molar-refractivity contribution in [2.24, 2.45) is 0 Å². The van der Waals surface area contributed by atoms with Crippen molar-refractivity contribution >= 4 is 23.5 Å². The Morgan fingerprint density at radius 2 is 1.64 bits per heavy atom. The van der Waals surface area contributed by atoms with Crippen LogP contribution in [-0.4, -0.2) is 30.9 Å². The summed E-state index contributed by atoms with van der Waals surface area (Å²) < 4.78 is 5.17. The Labute approximate surface area is 165 Å². The van der Waals surface area contributed by atoms with E-state index in [0.29, 0.717) is 24.4 Å². The van der Waals surface area contributed by atoms with Crippen LogP contribution in [0.5, 0.6) is 0 Å². The van der Waals surface area contributed by atoms with E-state index in [0.717, 1.165) is 12.8 Å². The maximum atomic E-state index is 12.0. The fraction of sp³-hybridized carbons (Fsp3) is 0.318. The molecule has 28 heavy (non-hydrogen) atoms. The molecule has 2 amide bonds. The van der Waals surface area contributed by atoms with Crippen LogP contribution >= 0.6 is 0 Å². The van der Waals surface area contributed by atoms with Crippen LogP contribution in [0.25, 0.3) is 0 Å². The lowest BCUT2D eigenvalue weighted by atomic mass is 10.1. The van der Waals surface area contributed by atoms with Crippen molar-refractivity contribution in [3.63, 3.8) is 0 Å². The first kappa shape index (κ1) is 21.2. The normalized spacial score (nSPS) is 10.2. The number of carbonyl (C=O) groups is 3. The number of ether oxygens (including phenoxy) is 1. The molecule has 2 N–H and O–H groups in total. The summed E-state index contributed by atoms with van der Waals surface area (Å²) in [5.74, 6) is -0.808. The first-order chi connectivity index (χ1) is 13.6. The first-order valence-corrected chi connectivity index (χ1v) is 9.46. The van der Waals surface area contributed by atoms with Crippen LogP contribution in [0.3, 0.4) is 0 Å². The van der Waals surface area contributed by atoms with Gasteiger partial charge in [0.15, 0.2) is 0 Å². The molecular formula is C22H26N2O4. The van der Waals surface area contributed by atoms with E-state index in [4.69, 9.17) is 4.74 Å². The number of nitrogens with one attached hydrogen (secondary N) is 2. The van der Waals surface area contributed by atoms with Gasteiger partial charge in [-0.2, -0.15) is 0 Å². The van der Waals surface area contributed by atoms with E-state index in [1.165, 1.54) is 5.56 Å². The highest BCUT2D eigenvalue weighted by atomic mass is 16.5. The third kappa shape index (κ3) is 7.61. The number of benzene rings is 2. The van der Waals surface area contributed by atoms with Gasteiger partial charge in [0, 0.05) is 24.2 Å². The summed E-state index contributed by atoms with van der Waals surface area (Å²) in [7, 11) is 0. The van der Waals surface area contributed by atoms with Crippen LogP contribution < -0.4 is 10.6 Å². The minimum atomic E-state index is -0.380. The summed E-state index contributed by atoms with van der Waals surface area (Å²) in [4.78, 5) is 35.4. The third-order valence-corrected chi connectivity index (χ3v) is 4.04. The molecule has 0 aliphatic carbocycles. The van der Waals surface area contributed by atoms with Crippen LogP contribution in [0, 0.1) is 0 Å². The van der Waals surface area contributed by atoms with Crippen molar-refractivity contribution in [1.29, 1.82) is 0 Å². The molecule has 0 saturated carbocycles. The SMILES string of the molecule is CCNC(=O)c1ccc(NC(=O)CCC(=O)OCCCc2ccccc2)cc1. The van der Waals surface area contributed by atoms with Crippen molar-refractivity contribution in [1.82, 2.24) is 5.32 Å². The number of aryl methyl sites for hydroxylation is 1. The molecule has 0 bridgehead atoms. The number of esters is 1. The molecule has 2 aromatic rings. The van der Waals surface area contributed by atoms with Gasteiger partial charge in [0.25, 0.3) is 5.91 Å². The Morgan fingerprint density at radius 3 is 2.32 bits per heavy atom. The van der Waals surface area contributed by atoms with E-state index < -0.39 is 0 Å². The lowest BCUT2D eigenvalue weighted by molar-refractivity contribution is -0.144. The summed E-state index contributed by atoms with van der Waals surface area (Å²) in [5.41, 5.74) is 2.31. The summed E-state index contributed by atoms with van der Waals surface area (Å²) in [6, 6.07) is 16.6. The van der Waals surface area contributed by atoms with Gasteiger partial charge in [-0.3, -0.25) is 14.4 Å². The van der Waals surface area contributed by atoms with E-state index in [-0.39, 0.29) is 30.6 Å². The van der Waals surface area contributed by atoms with Gasteiger partial charge in [-0.05, 0) is 49.6 Å². The molecule has 0 radical (unpaired) electrons. The van der Waals surface area contributed by atoms with E-state index >= 15 is 0 Å². The van der Waals surface area contributed by atoms with Gasteiger partial charge in [0.2, 0.25) is 5.91 Å². The summed E-state index contributed by atoms with van der Waals surface area (Å²) in [5, 5.41) is 5.41. The molecule has 0 heterocycles. The van der Waals surface area contributed by atoms with E-state index in [9.17, 15) is 14.4 Å². The molecule has 0 aliphatic rings. The largest absolute Gasteiger partial charge is 0.466 e. The molecule has 0 spiro atoms. The summed E-state index contributed by atoms with van der Waals surface area (Å²) in [6.45, 7) is 2.75. The molecule has 0 aromatic heterocycles. The molecule has 2 aromatic carbocycles. The summed E-state index contributed by atoms with van der Waals surface area (Å²) in [6.07, 6.45) is 1.69. The van der Waals surface area contributed by atoms with Crippen molar-refractivity contribution in [2.45, 2.75) is 32.6 Å². The molecule has 0 aliphatic heterocycles. The Bertz CT molecular complexity index is 773. The van der Waals surface area contributed by atoms with Crippen molar-refractivity contribution in [3.05, 3.63) is 65.7 Å². The Balaban J connectivity index is 1.63. The summed E-state index contributed by atoms with van der Waals surface area (Å²) >= 11 is 0. The Hall–Kier alpha value is -3.15. The maximum Gasteiger partial charge on any atom is 0.306 e. The third-order valence-electron chi connectivity index (χ3n) is 4.04. The molecule has 0 saturated heterocycles. The monoisotopic (exact) mass is 382 g/mol. The maximum absolute atomic E-state index is 12.0. The van der Waals surface area contributed by atoms with Crippen LogP contribution in [0.4, 0.5) is 5.69 Å². The standard InChI is InChI=1S/C22H26N2O4/c1-2-23-22(27)18-10-12-19(13-11-18)24-20(25)14-15-21(26)28-16-6-9-17-7-4-3-5-8-17/h3-5,7-8,10-13H,2,6,9,14-16H2,1H3,(H,23,27)(H,24,25). The van der Waals surface area contributed by atoms with Gasteiger partial charge in [-0.25, -0.2) is 0 Å². The topological polar surface area (TPSA) is 84.5 Å². The molecular weight excluding hydrogens is 356 g/mol. The zero-order valence-electron chi connectivity index (χ0n) is 16.1. The van der Waals surface area contributed by atoms with E-state index in [2.05, 4.69) is 10.6 Å². The number of carbonyl (C=O) groups excluding carboxylic acids is 3. The fourth-order valence-corrected chi connectivity index (χ4v) is 2.59. The smallest absolute Gasteiger partial charge is 0.306 e. The van der Waals surface area contributed by atoms with Crippen LogP contribution in [0.15, 0.2) is 54.6 Å². The van der Waals surface area contributed by atoms with Crippen molar-refractivity contribution in [3.8, 4) is 0 Å². The van der Waals surface area contributed by atoms with Gasteiger partial charge in [0.1, 0.15) is 0 Å². The zero-order valence-corrected chi connectivity index (χ0v) is 16.1. The minimum Gasteiger partial charge on any atom is -0.466 e. The van der Waals surface area contributed by atoms with Gasteiger partial charge in [-0.15, -0.1) is 0 Å². The van der Waals surface area contributed by atoms with Crippen LogP contribution in [0.1, 0.15) is 42.1 Å². The van der Waals surface area contributed by atoms with E-state index in [1.807, 2.05) is 37.3 Å². The quantitative estimate of drug-likeness (QED) is 0.488. The van der Waals surface area contributed by atoms with Gasteiger partial charge in [0.05, 0.1) is 13.0 Å². The molecule has 2 rings (SSSR count). The van der Waals surface area contributed by atoms with Crippen LogP contribution in [-0.2, 0) is 20.7 Å². The van der Waals surface area contributed by atoms with Gasteiger partial charge in [-0.1, -0.05) is 30.3 Å². The second-order valence-corrected chi connectivity index (χ2v) is 6.29. The molecule has 0 atom stereocenters. The number of rotatable bonds is 10. The average molecular weight is 382 g/mol. The van der Waals surface area contributed by atoms with Gasteiger partial charge >= 0.3 is 5.97 Å². The van der Waals surface area contributed by atoms with Crippen molar-refractivity contribution < 1.29 is 19.1 Å². The molecule has 148 valence electrons. The molecule has 0 unspecified atom stereocenters. The van der Waals surface area contributed by atoms with Crippen molar-refractivity contribution in [2.75, 3.05) is 18.5 Å². The number of anilines is 1. The lowest BCUT2D eigenvalue weighted by Crippen LogP contribution is -2.22. The Morgan fingerprint density at radius 1 is 0.929 bits per heavy atom. The average Bonchev–Trinajstić information content (AvgIpc) is 2.71. The predicted octanol–water partition coefficient (Wildman–Crippen LogP) is 3.33. The van der Waals surface area contributed by atoms with E-state index in [1.54, 1.807) is 24.3 Å². The second kappa shape index (κ2) is 11.5. The predicted molar refractivity (Wildman–Crippen MR) is 108 cm³/mol. The molecule has 6 heteroatoms. The zero-order chi connectivity index (χ0) is 20.2. The molecule has 6 nitrogen and oxygen atoms in total. The minimum absolute atomic E-state index is 0.0359. The van der Waals surface area contributed by atoms with Crippen LogP contribution in [0.2, 0.25) is 0 Å². The number of hydrogen-bond donors (Lipinski definition) is 2. The first-order valence-electron chi connectivity index (χ1n) is 9.46. The lowest BCUT2D eigenvalue weighted by Gasteiger charge is -2.07. The highest BCUT2D eigenvalue weighted by molar-refractivity contribution is 5.96. The Kier molecular flexibility index (Phi) is 8.72. The van der Waals surface area contributed by atoms with Gasteiger partial charge < -0.3 is 15.4 Å². The highest BCUT2D eigenvalue weighted by Gasteiger charge is 2.09. The number of hydrogen-bond acceptors (Lipinski definition) is 4.